The van der Waals surface area contributed by atoms with Crippen LogP contribution in [0.3, 0.4) is 0 Å². The Morgan fingerprint density at radius 3 is 2.44 bits per heavy atom. The lowest BCUT2D eigenvalue weighted by Crippen LogP contribution is -2.29. The van der Waals surface area contributed by atoms with Crippen molar-refractivity contribution in [2.24, 2.45) is 7.05 Å². The number of benzene rings is 2. The quantitative estimate of drug-likeness (QED) is 0.557. The van der Waals surface area contributed by atoms with Crippen LogP contribution in [0.15, 0.2) is 48.5 Å². The Morgan fingerprint density at radius 1 is 0.926 bits per heavy atom. The second kappa shape index (κ2) is 8.47. The zero-order chi connectivity index (χ0) is 18.6. The lowest BCUT2D eigenvalue weighted by atomic mass is 10.1. The number of para-hydroxylation sites is 1. The van der Waals surface area contributed by atoms with Gasteiger partial charge in [0.25, 0.3) is 0 Å². The van der Waals surface area contributed by atoms with E-state index in [2.05, 4.69) is 40.8 Å². The SMILES string of the molecule is Cn1c(COCc2ccc(Cl)cc2)c(CN2CCCCC2)c2ccccc21. The molecule has 1 aliphatic rings. The second-order valence-corrected chi connectivity index (χ2v) is 7.89. The first-order chi connectivity index (χ1) is 13.2. The van der Waals surface area contributed by atoms with Crippen LogP contribution in [0.1, 0.15) is 36.1 Å². The summed E-state index contributed by atoms with van der Waals surface area (Å²) in [6.45, 7) is 4.64. The summed E-state index contributed by atoms with van der Waals surface area (Å²) in [7, 11) is 2.16. The molecule has 3 nitrogen and oxygen atoms in total. The first-order valence-corrected chi connectivity index (χ1v) is 10.2. The molecule has 1 saturated heterocycles. The van der Waals surface area contributed by atoms with E-state index in [9.17, 15) is 0 Å². The summed E-state index contributed by atoms with van der Waals surface area (Å²) in [5.74, 6) is 0. The molecule has 2 heterocycles. The van der Waals surface area contributed by atoms with Gasteiger partial charge in [0.05, 0.1) is 13.2 Å². The van der Waals surface area contributed by atoms with Crippen LogP contribution in [0, 0.1) is 0 Å². The number of halogens is 1. The molecule has 0 amide bonds. The van der Waals surface area contributed by atoms with Gasteiger partial charge < -0.3 is 9.30 Å². The van der Waals surface area contributed by atoms with Crippen LogP contribution in [0.25, 0.3) is 10.9 Å². The molecule has 0 saturated carbocycles. The van der Waals surface area contributed by atoms with Gasteiger partial charge in [-0.15, -0.1) is 0 Å². The number of fused-ring (bicyclic) bond motifs is 1. The average Bonchev–Trinajstić information content (AvgIpc) is 2.96. The van der Waals surface area contributed by atoms with Crippen LogP contribution in [0.2, 0.25) is 5.02 Å². The fraction of sp³-hybridized carbons (Fsp3) is 0.391. The number of nitrogens with zero attached hydrogens (tertiary/aromatic N) is 2. The number of aromatic nitrogens is 1. The van der Waals surface area contributed by atoms with Crippen molar-refractivity contribution in [3.8, 4) is 0 Å². The fourth-order valence-corrected chi connectivity index (χ4v) is 4.20. The molecule has 0 N–H and O–H groups in total. The van der Waals surface area contributed by atoms with Crippen molar-refractivity contribution in [2.45, 2.75) is 39.0 Å². The minimum absolute atomic E-state index is 0.599. The topological polar surface area (TPSA) is 17.4 Å². The van der Waals surface area contributed by atoms with Gasteiger partial charge in [0, 0.05) is 35.2 Å². The number of hydrogen-bond donors (Lipinski definition) is 0. The molecule has 2 aromatic carbocycles. The van der Waals surface area contributed by atoms with Gasteiger partial charge in [-0.25, -0.2) is 0 Å². The van der Waals surface area contributed by atoms with E-state index in [1.807, 2.05) is 24.3 Å². The highest BCUT2D eigenvalue weighted by atomic mass is 35.5. The van der Waals surface area contributed by atoms with Crippen molar-refractivity contribution in [1.82, 2.24) is 9.47 Å². The van der Waals surface area contributed by atoms with E-state index in [0.717, 1.165) is 17.1 Å². The second-order valence-electron chi connectivity index (χ2n) is 7.46. The van der Waals surface area contributed by atoms with Gasteiger partial charge in [-0.3, -0.25) is 4.90 Å². The summed E-state index contributed by atoms with van der Waals surface area (Å²) in [5.41, 5.74) is 5.15. The maximum atomic E-state index is 6.10. The van der Waals surface area contributed by atoms with Crippen molar-refractivity contribution >= 4 is 22.5 Å². The number of aryl methyl sites for hydroxylation is 1. The highest BCUT2D eigenvalue weighted by Crippen LogP contribution is 2.28. The Kier molecular flexibility index (Phi) is 5.82. The Hall–Kier alpha value is -1.81. The van der Waals surface area contributed by atoms with E-state index in [-0.39, 0.29) is 0 Å². The molecule has 0 spiro atoms. The largest absolute Gasteiger partial charge is 0.371 e. The molecule has 142 valence electrons. The molecule has 0 atom stereocenters. The van der Waals surface area contributed by atoms with Gasteiger partial charge in [-0.05, 0) is 55.3 Å². The van der Waals surface area contributed by atoms with E-state index in [0.29, 0.717) is 13.2 Å². The molecule has 3 aromatic rings. The lowest BCUT2D eigenvalue weighted by molar-refractivity contribution is 0.101. The summed E-state index contributed by atoms with van der Waals surface area (Å²) < 4.78 is 8.41. The van der Waals surface area contributed by atoms with Crippen LogP contribution in [0.4, 0.5) is 0 Å². The first-order valence-electron chi connectivity index (χ1n) is 9.82. The number of rotatable bonds is 6. The van der Waals surface area contributed by atoms with Gasteiger partial charge in [-0.2, -0.15) is 0 Å². The minimum Gasteiger partial charge on any atom is -0.371 e. The maximum absolute atomic E-state index is 6.10. The normalized spacial score (nSPS) is 15.5. The summed E-state index contributed by atoms with van der Waals surface area (Å²) in [5, 5.41) is 2.12. The predicted octanol–water partition coefficient (Wildman–Crippen LogP) is 5.53. The van der Waals surface area contributed by atoms with Crippen molar-refractivity contribution in [3.05, 3.63) is 70.4 Å². The van der Waals surface area contributed by atoms with Crippen LogP contribution >= 0.6 is 11.6 Å². The number of ether oxygens (including phenoxy) is 1. The van der Waals surface area contributed by atoms with Gasteiger partial charge in [-0.1, -0.05) is 48.4 Å². The standard InChI is InChI=1S/C23H27ClN2O/c1-25-22-8-4-3-7-20(22)21(15-26-13-5-2-6-14-26)23(25)17-27-16-18-9-11-19(24)12-10-18/h3-4,7-12H,2,5-6,13-17H2,1H3. The van der Waals surface area contributed by atoms with E-state index >= 15 is 0 Å². The third-order valence-electron chi connectivity index (χ3n) is 5.59. The first kappa shape index (κ1) is 18.5. The van der Waals surface area contributed by atoms with E-state index in [4.69, 9.17) is 16.3 Å². The highest BCUT2D eigenvalue weighted by Gasteiger charge is 2.19. The summed E-state index contributed by atoms with van der Waals surface area (Å²) >= 11 is 5.97. The monoisotopic (exact) mass is 382 g/mol. The summed E-state index contributed by atoms with van der Waals surface area (Å²) in [4.78, 5) is 2.59. The van der Waals surface area contributed by atoms with Gasteiger partial charge in [0.15, 0.2) is 0 Å². The molecule has 0 bridgehead atoms. The average molecular weight is 383 g/mol. The number of piperidine rings is 1. The van der Waals surface area contributed by atoms with Crippen LogP contribution < -0.4 is 0 Å². The Bertz CT molecular complexity index is 895. The third-order valence-corrected chi connectivity index (χ3v) is 5.85. The van der Waals surface area contributed by atoms with E-state index < -0.39 is 0 Å². The van der Waals surface area contributed by atoms with Gasteiger partial charge in [0.2, 0.25) is 0 Å². The highest BCUT2D eigenvalue weighted by molar-refractivity contribution is 6.30. The molecule has 0 radical (unpaired) electrons. The number of likely N-dealkylation sites (tertiary alicyclic amines) is 1. The minimum atomic E-state index is 0.599. The summed E-state index contributed by atoms with van der Waals surface area (Å²) in [6, 6.07) is 16.6. The molecule has 0 unspecified atom stereocenters. The molecule has 1 aliphatic heterocycles. The van der Waals surface area contributed by atoms with Crippen LogP contribution in [0.5, 0.6) is 0 Å². The molecule has 0 aliphatic carbocycles. The third kappa shape index (κ3) is 4.21. The predicted molar refractivity (Wildman–Crippen MR) is 112 cm³/mol. The number of hydrogen-bond acceptors (Lipinski definition) is 2. The van der Waals surface area contributed by atoms with Gasteiger partial charge in [0.1, 0.15) is 0 Å². The molecular formula is C23H27ClN2O. The molecule has 4 rings (SSSR count). The smallest absolute Gasteiger partial charge is 0.0875 e. The van der Waals surface area contributed by atoms with Crippen molar-refractivity contribution in [1.29, 1.82) is 0 Å². The summed E-state index contributed by atoms with van der Waals surface area (Å²) in [6.07, 6.45) is 3.99. The van der Waals surface area contributed by atoms with Gasteiger partial charge >= 0.3 is 0 Å². The van der Waals surface area contributed by atoms with Crippen molar-refractivity contribution < 1.29 is 4.74 Å². The van der Waals surface area contributed by atoms with Crippen LogP contribution in [-0.2, 0) is 31.5 Å². The van der Waals surface area contributed by atoms with Crippen molar-refractivity contribution in [3.63, 3.8) is 0 Å². The van der Waals surface area contributed by atoms with Crippen molar-refractivity contribution in [2.75, 3.05) is 13.1 Å². The maximum Gasteiger partial charge on any atom is 0.0875 e. The zero-order valence-corrected chi connectivity index (χ0v) is 16.7. The molecule has 27 heavy (non-hydrogen) atoms. The Morgan fingerprint density at radius 2 is 1.67 bits per heavy atom. The van der Waals surface area contributed by atoms with E-state index in [1.165, 1.54) is 54.5 Å². The van der Waals surface area contributed by atoms with Crippen LogP contribution in [-0.4, -0.2) is 22.6 Å². The zero-order valence-electron chi connectivity index (χ0n) is 16.0. The lowest BCUT2D eigenvalue weighted by Gasteiger charge is -2.26. The molecule has 1 aromatic heterocycles. The fourth-order valence-electron chi connectivity index (χ4n) is 4.07. The molecular weight excluding hydrogens is 356 g/mol. The Labute approximate surface area is 166 Å². The molecule has 1 fully saturated rings. The Balaban J connectivity index is 1.55. The van der Waals surface area contributed by atoms with E-state index in [1.54, 1.807) is 0 Å². The molecule has 4 heteroatoms.